The molecule has 0 spiro atoms. The number of hydrogen-bond acceptors (Lipinski definition) is 2. The highest BCUT2D eigenvalue weighted by atomic mass is 79.9. The number of aromatic nitrogens is 1. The summed E-state index contributed by atoms with van der Waals surface area (Å²) in [6, 6.07) is 4.11. The summed E-state index contributed by atoms with van der Waals surface area (Å²) in [5.41, 5.74) is 1.40. The molecule has 0 unspecified atom stereocenters. The molecule has 3 heteroatoms. The molecule has 0 aromatic carbocycles. The Balaban J connectivity index is 1.95. The first-order valence-corrected chi connectivity index (χ1v) is 7.65. The molecule has 1 saturated carbocycles. The van der Waals surface area contributed by atoms with Crippen LogP contribution in [0.1, 0.15) is 45.2 Å². The first-order valence-electron chi connectivity index (χ1n) is 6.86. The van der Waals surface area contributed by atoms with Gasteiger partial charge in [-0.05, 0) is 59.2 Å². The van der Waals surface area contributed by atoms with E-state index in [1.807, 2.05) is 13.0 Å². The number of aryl methyl sites for hydroxylation is 1. The number of halogens is 1. The lowest BCUT2D eigenvalue weighted by molar-refractivity contribution is 0.234. The summed E-state index contributed by atoms with van der Waals surface area (Å²) in [5.74, 6) is 1.85. The molecule has 1 N–H and O–H groups in total. The maximum absolute atomic E-state index is 4.54. The molecule has 1 aliphatic rings. The molecule has 1 aliphatic carbocycles. The average Bonchev–Trinajstić information content (AvgIpc) is 2.85. The average molecular weight is 311 g/mol. The van der Waals surface area contributed by atoms with Crippen LogP contribution in [0, 0.1) is 18.3 Å². The lowest BCUT2D eigenvalue weighted by Gasteiger charge is -2.32. The summed E-state index contributed by atoms with van der Waals surface area (Å²) in [6.45, 7) is 7.78. The normalized spacial score (nSPS) is 17.1. The molecule has 2 nitrogen and oxygen atoms in total. The van der Waals surface area contributed by atoms with E-state index in [4.69, 9.17) is 0 Å². The number of anilines is 1. The highest BCUT2D eigenvalue weighted by Crippen LogP contribution is 2.39. The predicted octanol–water partition coefficient (Wildman–Crippen LogP) is 4.78. The van der Waals surface area contributed by atoms with Crippen LogP contribution in [-0.4, -0.2) is 11.5 Å². The lowest BCUT2D eigenvalue weighted by Crippen LogP contribution is -2.30. The minimum atomic E-state index is 0.360. The van der Waals surface area contributed by atoms with Crippen molar-refractivity contribution < 1.29 is 0 Å². The fraction of sp³-hybridized carbons (Fsp3) is 0.667. The Labute approximate surface area is 119 Å². The highest BCUT2D eigenvalue weighted by Gasteiger charge is 2.31. The number of nitrogens with zero attached hydrogens (tertiary/aromatic N) is 1. The third-order valence-electron chi connectivity index (χ3n) is 4.21. The smallest absolute Gasteiger partial charge is 0.126 e. The Hall–Kier alpha value is -0.570. The lowest BCUT2D eigenvalue weighted by atomic mass is 9.78. The van der Waals surface area contributed by atoms with E-state index in [-0.39, 0.29) is 0 Å². The maximum atomic E-state index is 4.54. The van der Waals surface area contributed by atoms with E-state index in [9.17, 15) is 0 Å². The zero-order chi connectivity index (χ0) is 13.2. The first kappa shape index (κ1) is 13.9. The maximum Gasteiger partial charge on any atom is 0.126 e. The van der Waals surface area contributed by atoms with Crippen molar-refractivity contribution in [2.75, 3.05) is 11.9 Å². The molecule has 0 amide bonds. The summed E-state index contributed by atoms with van der Waals surface area (Å²) < 4.78 is 1.07. The largest absolute Gasteiger partial charge is 0.370 e. The predicted molar refractivity (Wildman–Crippen MR) is 80.9 cm³/mol. The molecule has 2 rings (SSSR count). The molecule has 0 aliphatic heterocycles. The van der Waals surface area contributed by atoms with Crippen LogP contribution in [-0.2, 0) is 0 Å². The van der Waals surface area contributed by atoms with E-state index in [0.29, 0.717) is 5.41 Å². The van der Waals surface area contributed by atoms with Gasteiger partial charge in [-0.3, -0.25) is 0 Å². The van der Waals surface area contributed by atoms with E-state index in [1.54, 1.807) is 0 Å². The van der Waals surface area contributed by atoms with Crippen LogP contribution in [0.5, 0.6) is 0 Å². The summed E-state index contributed by atoms with van der Waals surface area (Å²) in [6.07, 6.45) is 5.59. The molecule has 0 radical (unpaired) electrons. The van der Waals surface area contributed by atoms with Crippen LogP contribution in [0.15, 0.2) is 16.6 Å². The Morgan fingerprint density at radius 1 is 1.33 bits per heavy atom. The SMILES string of the molecule is Cc1nc(NCC(C)(C)C2CCCC2)ccc1Br. The Bertz CT molecular complexity index is 409. The van der Waals surface area contributed by atoms with Gasteiger partial charge in [0.15, 0.2) is 0 Å². The molecule has 18 heavy (non-hydrogen) atoms. The summed E-state index contributed by atoms with van der Waals surface area (Å²) in [7, 11) is 0. The van der Waals surface area contributed by atoms with Gasteiger partial charge in [-0.1, -0.05) is 26.7 Å². The minimum absolute atomic E-state index is 0.360. The zero-order valence-electron chi connectivity index (χ0n) is 11.6. The Kier molecular flexibility index (Phi) is 4.31. The van der Waals surface area contributed by atoms with Crippen LogP contribution >= 0.6 is 15.9 Å². The van der Waals surface area contributed by atoms with Crippen molar-refractivity contribution >= 4 is 21.7 Å². The zero-order valence-corrected chi connectivity index (χ0v) is 13.2. The number of hydrogen-bond donors (Lipinski definition) is 1. The third-order valence-corrected chi connectivity index (χ3v) is 5.04. The van der Waals surface area contributed by atoms with Gasteiger partial charge in [-0.2, -0.15) is 0 Å². The molecule has 0 bridgehead atoms. The monoisotopic (exact) mass is 310 g/mol. The van der Waals surface area contributed by atoms with Crippen molar-refractivity contribution in [1.29, 1.82) is 0 Å². The number of nitrogens with one attached hydrogen (secondary N) is 1. The van der Waals surface area contributed by atoms with Crippen LogP contribution in [0.25, 0.3) is 0 Å². The molecule has 100 valence electrons. The second kappa shape index (κ2) is 5.60. The van der Waals surface area contributed by atoms with Crippen molar-refractivity contribution in [2.45, 2.75) is 46.5 Å². The standard InChI is InChI=1S/C15H23BrN2/c1-11-13(16)8-9-14(18-11)17-10-15(2,3)12-6-4-5-7-12/h8-9,12H,4-7,10H2,1-3H3,(H,17,18). The van der Waals surface area contributed by atoms with Crippen molar-refractivity contribution in [3.05, 3.63) is 22.3 Å². The van der Waals surface area contributed by atoms with Gasteiger partial charge in [-0.15, -0.1) is 0 Å². The molecular weight excluding hydrogens is 288 g/mol. The molecule has 1 aromatic rings. The molecule has 1 heterocycles. The summed E-state index contributed by atoms with van der Waals surface area (Å²) in [5, 5.41) is 3.50. The molecule has 1 aromatic heterocycles. The van der Waals surface area contributed by atoms with Crippen LogP contribution in [0.2, 0.25) is 0 Å². The second-order valence-corrected chi connectivity index (χ2v) is 6.94. The molecular formula is C15H23BrN2. The first-order chi connectivity index (χ1) is 8.49. The van der Waals surface area contributed by atoms with E-state index in [0.717, 1.165) is 28.4 Å². The summed E-state index contributed by atoms with van der Waals surface area (Å²) >= 11 is 3.48. The van der Waals surface area contributed by atoms with Gasteiger partial charge in [0.25, 0.3) is 0 Å². The van der Waals surface area contributed by atoms with Crippen molar-refractivity contribution in [2.24, 2.45) is 11.3 Å². The van der Waals surface area contributed by atoms with Crippen molar-refractivity contribution in [1.82, 2.24) is 4.98 Å². The van der Waals surface area contributed by atoms with Gasteiger partial charge >= 0.3 is 0 Å². The Morgan fingerprint density at radius 2 is 2.00 bits per heavy atom. The molecule has 1 fully saturated rings. The van der Waals surface area contributed by atoms with Crippen LogP contribution in [0.3, 0.4) is 0 Å². The van der Waals surface area contributed by atoms with Gasteiger partial charge in [0.1, 0.15) is 5.82 Å². The van der Waals surface area contributed by atoms with Crippen molar-refractivity contribution in [3.63, 3.8) is 0 Å². The fourth-order valence-corrected chi connectivity index (χ4v) is 3.03. The van der Waals surface area contributed by atoms with E-state index < -0.39 is 0 Å². The van der Waals surface area contributed by atoms with Gasteiger partial charge in [0.2, 0.25) is 0 Å². The third kappa shape index (κ3) is 3.25. The van der Waals surface area contributed by atoms with E-state index in [1.165, 1.54) is 25.7 Å². The van der Waals surface area contributed by atoms with E-state index in [2.05, 4.69) is 46.1 Å². The topological polar surface area (TPSA) is 24.9 Å². The van der Waals surface area contributed by atoms with Crippen LogP contribution < -0.4 is 5.32 Å². The van der Waals surface area contributed by atoms with Crippen LogP contribution in [0.4, 0.5) is 5.82 Å². The molecule has 0 saturated heterocycles. The highest BCUT2D eigenvalue weighted by molar-refractivity contribution is 9.10. The second-order valence-electron chi connectivity index (χ2n) is 6.09. The fourth-order valence-electron chi connectivity index (χ4n) is 2.81. The molecule has 0 atom stereocenters. The van der Waals surface area contributed by atoms with E-state index >= 15 is 0 Å². The van der Waals surface area contributed by atoms with Crippen molar-refractivity contribution in [3.8, 4) is 0 Å². The number of pyridine rings is 1. The Morgan fingerprint density at radius 3 is 2.61 bits per heavy atom. The summed E-state index contributed by atoms with van der Waals surface area (Å²) in [4.78, 5) is 4.54. The minimum Gasteiger partial charge on any atom is -0.370 e. The number of rotatable bonds is 4. The quantitative estimate of drug-likeness (QED) is 0.865. The van der Waals surface area contributed by atoms with Gasteiger partial charge in [-0.25, -0.2) is 4.98 Å². The van der Waals surface area contributed by atoms with Gasteiger partial charge in [0, 0.05) is 11.0 Å². The van der Waals surface area contributed by atoms with Gasteiger partial charge in [0.05, 0.1) is 5.69 Å². The van der Waals surface area contributed by atoms with Gasteiger partial charge < -0.3 is 5.32 Å².